The lowest BCUT2D eigenvalue weighted by molar-refractivity contribution is -0.166. The molecular weight excluding hydrogens is 292 g/mol. The highest BCUT2D eigenvalue weighted by molar-refractivity contribution is 5.95. The Labute approximate surface area is 117 Å². The topological polar surface area (TPSA) is 176 Å². The van der Waals surface area contributed by atoms with Gasteiger partial charge in [-0.15, -0.1) is 0 Å². The highest BCUT2D eigenvalue weighted by Gasteiger charge is 2.29. The van der Waals surface area contributed by atoms with E-state index in [1.54, 1.807) is 0 Å². The lowest BCUT2D eigenvalue weighted by Gasteiger charge is -2.15. The van der Waals surface area contributed by atoms with Gasteiger partial charge in [0.25, 0.3) is 0 Å². The Bertz CT molecular complexity index is 408. The Morgan fingerprint density at radius 1 is 0.857 bits per heavy atom. The van der Waals surface area contributed by atoms with Crippen molar-refractivity contribution in [3.8, 4) is 0 Å². The molecule has 0 saturated heterocycles. The highest BCUT2D eigenvalue weighted by atomic mass is 16.6. The summed E-state index contributed by atoms with van der Waals surface area (Å²) in [5.41, 5.74) is 0. The number of nitrogens with one attached hydrogen (secondary N) is 2. The summed E-state index contributed by atoms with van der Waals surface area (Å²) in [4.78, 5) is 64.4. The predicted octanol–water partition coefficient (Wildman–Crippen LogP) is -2.77. The van der Waals surface area contributed by atoms with Crippen molar-refractivity contribution < 1.29 is 43.7 Å². The van der Waals surface area contributed by atoms with Crippen molar-refractivity contribution in [1.29, 1.82) is 0 Å². The molecule has 2 amide bonds. The SMILES string of the molecule is O=CN[C@@H](CC(=O)O)C(=O)OC(=O)[C@H](CC(=O)O)NC=O. The van der Waals surface area contributed by atoms with Crippen molar-refractivity contribution in [2.24, 2.45) is 0 Å². The van der Waals surface area contributed by atoms with Crippen LogP contribution in [0.2, 0.25) is 0 Å². The van der Waals surface area contributed by atoms with Crippen LogP contribution in [0.25, 0.3) is 0 Å². The number of ether oxygens (including phenoxy) is 1. The van der Waals surface area contributed by atoms with Gasteiger partial charge in [0, 0.05) is 0 Å². The second-order valence-corrected chi connectivity index (χ2v) is 3.61. The van der Waals surface area contributed by atoms with Crippen LogP contribution in [0.4, 0.5) is 0 Å². The number of hydrogen-bond donors (Lipinski definition) is 4. The fraction of sp³-hybridized carbons (Fsp3) is 0.400. The molecule has 116 valence electrons. The largest absolute Gasteiger partial charge is 0.481 e. The van der Waals surface area contributed by atoms with Gasteiger partial charge in [0.1, 0.15) is 12.1 Å². The van der Waals surface area contributed by atoms with Crippen molar-refractivity contribution in [2.75, 3.05) is 0 Å². The van der Waals surface area contributed by atoms with E-state index in [4.69, 9.17) is 10.2 Å². The van der Waals surface area contributed by atoms with Gasteiger partial charge < -0.3 is 25.6 Å². The van der Waals surface area contributed by atoms with Gasteiger partial charge >= 0.3 is 23.9 Å². The molecule has 0 saturated carbocycles. The summed E-state index contributed by atoms with van der Waals surface area (Å²) < 4.78 is 4.23. The predicted molar refractivity (Wildman–Crippen MR) is 61.6 cm³/mol. The molecule has 0 aromatic rings. The molecule has 0 heterocycles. The maximum Gasteiger partial charge on any atom is 0.336 e. The number of rotatable bonds is 10. The molecule has 0 aromatic carbocycles. The Balaban J connectivity index is 4.78. The smallest absolute Gasteiger partial charge is 0.336 e. The average Bonchev–Trinajstić information content (AvgIpc) is 2.36. The third-order valence-electron chi connectivity index (χ3n) is 2.07. The molecule has 0 rings (SSSR count). The van der Waals surface area contributed by atoms with Crippen LogP contribution in [-0.4, -0.2) is 59.0 Å². The van der Waals surface area contributed by atoms with E-state index in [2.05, 4.69) is 4.74 Å². The Morgan fingerprint density at radius 2 is 1.19 bits per heavy atom. The Hall–Kier alpha value is -2.98. The first-order valence-corrected chi connectivity index (χ1v) is 5.40. The molecule has 11 heteroatoms. The minimum Gasteiger partial charge on any atom is -0.481 e. The van der Waals surface area contributed by atoms with Crippen LogP contribution in [0.1, 0.15) is 12.8 Å². The van der Waals surface area contributed by atoms with Gasteiger partial charge in [-0.3, -0.25) is 19.2 Å². The summed E-state index contributed by atoms with van der Waals surface area (Å²) in [5.74, 6) is -5.66. The number of carboxylic acid groups (broad SMARTS) is 2. The van der Waals surface area contributed by atoms with Crippen LogP contribution in [0.15, 0.2) is 0 Å². The monoisotopic (exact) mass is 304 g/mol. The van der Waals surface area contributed by atoms with E-state index in [9.17, 15) is 28.8 Å². The molecule has 0 aliphatic carbocycles. The van der Waals surface area contributed by atoms with Gasteiger partial charge in [0.05, 0.1) is 12.8 Å². The van der Waals surface area contributed by atoms with Gasteiger partial charge in [-0.05, 0) is 0 Å². The van der Waals surface area contributed by atoms with Gasteiger partial charge in [-0.2, -0.15) is 0 Å². The van der Waals surface area contributed by atoms with Crippen molar-refractivity contribution in [2.45, 2.75) is 24.9 Å². The molecule has 4 N–H and O–H groups in total. The van der Waals surface area contributed by atoms with E-state index in [-0.39, 0.29) is 12.8 Å². The van der Waals surface area contributed by atoms with E-state index in [1.807, 2.05) is 10.6 Å². The number of aliphatic carboxylic acids is 2. The lowest BCUT2D eigenvalue weighted by Crippen LogP contribution is -2.44. The van der Waals surface area contributed by atoms with Crippen LogP contribution >= 0.6 is 0 Å². The van der Waals surface area contributed by atoms with E-state index >= 15 is 0 Å². The molecule has 0 unspecified atom stereocenters. The number of carbonyl (C=O) groups is 6. The molecular formula is C10H12N2O9. The Morgan fingerprint density at radius 3 is 1.43 bits per heavy atom. The van der Waals surface area contributed by atoms with E-state index < -0.39 is 48.8 Å². The highest BCUT2D eigenvalue weighted by Crippen LogP contribution is 2.01. The molecule has 0 spiro atoms. The second kappa shape index (κ2) is 9.01. The molecule has 0 fully saturated rings. The average molecular weight is 304 g/mol. The van der Waals surface area contributed by atoms with Gasteiger partial charge in [-0.25, -0.2) is 9.59 Å². The van der Waals surface area contributed by atoms with Crippen LogP contribution in [0, 0.1) is 0 Å². The van der Waals surface area contributed by atoms with Crippen molar-refractivity contribution in [1.82, 2.24) is 10.6 Å². The molecule has 21 heavy (non-hydrogen) atoms. The molecule has 0 aliphatic rings. The quantitative estimate of drug-likeness (QED) is 0.189. The number of amides is 2. The van der Waals surface area contributed by atoms with E-state index in [0.717, 1.165) is 0 Å². The molecule has 0 bridgehead atoms. The summed E-state index contributed by atoms with van der Waals surface area (Å²) in [6, 6.07) is -3.24. The van der Waals surface area contributed by atoms with Crippen molar-refractivity contribution in [3.63, 3.8) is 0 Å². The molecule has 11 nitrogen and oxygen atoms in total. The van der Waals surface area contributed by atoms with Gasteiger partial charge in [0.15, 0.2) is 0 Å². The third-order valence-corrected chi connectivity index (χ3v) is 2.07. The zero-order valence-electron chi connectivity index (χ0n) is 10.5. The summed E-state index contributed by atoms with van der Waals surface area (Å²) in [6.45, 7) is 0. The summed E-state index contributed by atoms with van der Waals surface area (Å²) in [5, 5.41) is 20.7. The summed E-state index contributed by atoms with van der Waals surface area (Å²) in [7, 11) is 0. The second-order valence-electron chi connectivity index (χ2n) is 3.61. The third kappa shape index (κ3) is 7.25. The van der Waals surface area contributed by atoms with Crippen molar-refractivity contribution >= 4 is 36.7 Å². The molecule has 0 radical (unpaired) electrons. The number of carboxylic acids is 2. The maximum absolute atomic E-state index is 11.5. The van der Waals surface area contributed by atoms with Crippen LogP contribution in [0.5, 0.6) is 0 Å². The fourth-order valence-corrected chi connectivity index (χ4v) is 1.18. The van der Waals surface area contributed by atoms with E-state index in [1.165, 1.54) is 0 Å². The number of esters is 2. The zero-order valence-corrected chi connectivity index (χ0v) is 10.5. The van der Waals surface area contributed by atoms with Crippen molar-refractivity contribution in [3.05, 3.63) is 0 Å². The van der Waals surface area contributed by atoms with Crippen LogP contribution in [-0.2, 0) is 33.5 Å². The standard InChI is InChI=1S/C10H12N2O9/c13-3-11-5(1-7(15)16)9(19)21-10(20)6(12-4-14)2-8(17)18/h3-6H,1-2H2,(H,11,13)(H,12,14)(H,15,16)(H,17,18)/t5-,6-/m0/s1. The summed E-state index contributed by atoms with van der Waals surface area (Å²) >= 11 is 0. The fourth-order valence-electron chi connectivity index (χ4n) is 1.18. The minimum absolute atomic E-state index is 0.0394. The van der Waals surface area contributed by atoms with Gasteiger partial charge in [-0.1, -0.05) is 0 Å². The normalized spacial score (nSPS) is 12.4. The zero-order chi connectivity index (χ0) is 16.4. The first-order chi connectivity index (χ1) is 9.81. The number of hydrogen-bond acceptors (Lipinski definition) is 7. The first kappa shape index (κ1) is 18.0. The lowest BCUT2D eigenvalue weighted by atomic mass is 10.2. The number of carbonyl (C=O) groups excluding carboxylic acids is 4. The Kier molecular flexibility index (Phi) is 7.73. The maximum atomic E-state index is 11.5. The van der Waals surface area contributed by atoms with E-state index in [0.29, 0.717) is 0 Å². The molecule has 0 aliphatic heterocycles. The van der Waals surface area contributed by atoms with Crippen LogP contribution < -0.4 is 10.6 Å². The minimum atomic E-state index is -1.62. The first-order valence-electron chi connectivity index (χ1n) is 5.40. The summed E-state index contributed by atoms with van der Waals surface area (Å²) in [6.07, 6.45) is -1.60. The molecule has 0 aromatic heterocycles. The van der Waals surface area contributed by atoms with Gasteiger partial charge in [0.2, 0.25) is 12.8 Å². The molecule has 2 atom stereocenters. The van der Waals surface area contributed by atoms with Crippen LogP contribution in [0.3, 0.4) is 0 Å².